The summed E-state index contributed by atoms with van der Waals surface area (Å²) in [6.45, 7) is 1.44. The first-order chi connectivity index (χ1) is 13.8. The summed E-state index contributed by atoms with van der Waals surface area (Å²) in [4.78, 5) is 12.6. The molecule has 0 saturated carbocycles. The summed E-state index contributed by atoms with van der Waals surface area (Å²) in [5.41, 5.74) is 4.78. The van der Waals surface area contributed by atoms with Gasteiger partial charge in [0.25, 0.3) is 0 Å². The molecule has 2 aromatic carbocycles. The Morgan fingerprint density at radius 2 is 1.86 bits per heavy atom. The van der Waals surface area contributed by atoms with Gasteiger partial charge in [0.05, 0.1) is 13.4 Å². The van der Waals surface area contributed by atoms with Crippen molar-refractivity contribution in [3.05, 3.63) is 90.6 Å². The van der Waals surface area contributed by atoms with E-state index < -0.39 is 0 Å². The predicted octanol–water partition coefficient (Wildman–Crippen LogP) is 4.01. The Labute approximate surface area is 163 Å². The lowest BCUT2D eigenvalue weighted by Gasteiger charge is -2.12. The molecular weight excluding hydrogens is 350 g/mol. The lowest BCUT2D eigenvalue weighted by molar-refractivity contribution is 0.397. The number of benzene rings is 2. The smallest absolute Gasteiger partial charge is 0.226 e. The van der Waals surface area contributed by atoms with Gasteiger partial charge in [0.15, 0.2) is 0 Å². The van der Waals surface area contributed by atoms with Crippen LogP contribution in [0.15, 0.2) is 79.5 Å². The summed E-state index contributed by atoms with van der Waals surface area (Å²) >= 11 is 0. The Hall–Kier alpha value is -3.67. The molecule has 28 heavy (non-hydrogen) atoms. The minimum atomic E-state index is 0.541. The lowest BCUT2D eigenvalue weighted by atomic mass is 9.98. The van der Waals surface area contributed by atoms with Crippen LogP contribution < -0.4 is 10.1 Å². The van der Waals surface area contributed by atoms with Crippen molar-refractivity contribution in [2.45, 2.75) is 13.1 Å². The minimum absolute atomic E-state index is 0.541. The van der Waals surface area contributed by atoms with Crippen LogP contribution in [0.5, 0.6) is 5.88 Å². The number of nitrogens with zero attached hydrogens (tertiary/aromatic N) is 4. The summed E-state index contributed by atoms with van der Waals surface area (Å²) in [5.74, 6) is 1.09. The molecular formula is C22H21N5O. The van der Waals surface area contributed by atoms with Gasteiger partial charge < -0.3 is 14.6 Å². The summed E-state index contributed by atoms with van der Waals surface area (Å²) in [7, 11) is 1.60. The van der Waals surface area contributed by atoms with E-state index in [1.165, 1.54) is 22.3 Å². The van der Waals surface area contributed by atoms with Crippen LogP contribution in [0.2, 0.25) is 0 Å². The Balaban J connectivity index is 1.50. The standard InChI is InChI=1S/C22H21N5O/c1-28-21-10-11-24-22(26-21)25-14-19-4-2-3-5-20(19)18-8-6-17(7-9-18)15-27-13-12-23-16-27/h2-13,16H,14-15H2,1H3,(H,24,25,26). The van der Waals surface area contributed by atoms with Crippen LogP contribution in [0.25, 0.3) is 11.1 Å². The number of rotatable bonds is 7. The SMILES string of the molecule is COc1ccnc(NCc2ccccc2-c2ccc(Cn3ccnc3)cc2)n1. The number of hydrogen-bond donors (Lipinski definition) is 1. The second-order valence-electron chi connectivity index (χ2n) is 6.37. The molecule has 0 saturated heterocycles. The zero-order valence-electron chi connectivity index (χ0n) is 15.6. The highest BCUT2D eigenvalue weighted by atomic mass is 16.5. The minimum Gasteiger partial charge on any atom is -0.481 e. The molecule has 6 heteroatoms. The van der Waals surface area contributed by atoms with E-state index in [1.54, 1.807) is 25.6 Å². The fraction of sp³-hybridized carbons (Fsp3) is 0.136. The quantitative estimate of drug-likeness (QED) is 0.532. The molecule has 4 rings (SSSR count). The second kappa shape index (κ2) is 8.35. The molecule has 0 atom stereocenters. The topological polar surface area (TPSA) is 64.9 Å². The summed E-state index contributed by atoms with van der Waals surface area (Å²) in [5, 5.41) is 3.27. The molecule has 0 bridgehead atoms. The van der Waals surface area contributed by atoms with Crippen LogP contribution in [0.4, 0.5) is 5.95 Å². The van der Waals surface area contributed by atoms with Gasteiger partial charge >= 0.3 is 0 Å². The van der Waals surface area contributed by atoms with Gasteiger partial charge in [0.2, 0.25) is 11.8 Å². The van der Waals surface area contributed by atoms with Crippen LogP contribution >= 0.6 is 0 Å². The highest BCUT2D eigenvalue weighted by molar-refractivity contribution is 5.68. The van der Waals surface area contributed by atoms with E-state index in [2.05, 4.69) is 67.3 Å². The molecule has 6 nitrogen and oxygen atoms in total. The molecule has 4 aromatic rings. The highest BCUT2D eigenvalue weighted by Gasteiger charge is 2.06. The second-order valence-corrected chi connectivity index (χ2v) is 6.37. The predicted molar refractivity (Wildman–Crippen MR) is 109 cm³/mol. The van der Waals surface area contributed by atoms with Crippen LogP contribution in [-0.2, 0) is 13.1 Å². The monoisotopic (exact) mass is 371 g/mol. The number of anilines is 1. The van der Waals surface area contributed by atoms with Crippen LogP contribution in [0, 0.1) is 0 Å². The molecule has 0 radical (unpaired) electrons. The number of aromatic nitrogens is 4. The van der Waals surface area contributed by atoms with Gasteiger partial charge in [-0.25, -0.2) is 9.97 Å². The van der Waals surface area contributed by atoms with Crippen molar-refractivity contribution in [2.75, 3.05) is 12.4 Å². The maximum absolute atomic E-state index is 5.15. The van der Waals surface area contributed by atoms with Gasteiger partial charge in [-0.3, -0.25) is 0 Å². The molecule has 0 spiro atoms. The molecule has 2 heterocycles. The fourth-order valence-corrected chi connectivity index (χ4v) is 3.05. The van der Waals surface area contributed by atoms with Crippen LogP contribution in [0.3, 0.4) is 0 Å². The first kappa shape index (κ1) is 17.7. The third-order valence-electron chi connectivity index (χ3n) is 4.48. The average Bonchev–Trinajstić information content (AvgIpc) is 3.26. The van der Waals surface area contributed by atoms with Crippen molar-refractivity contribution in [2.24, 2.45) is 0 Å². The van der Waals surface area contributed by atoms with Crippen molar-refractivity contribution in [3.63, 3.8) is 0 Å². The number of methoxy groups -OCH3 is 1. The van der Waals surface area contributed by atoms with E-state index in [0.717, 1.165) is 6.54 Å². The Kier molecular flexibility index (Phi) is 5.29. The van der Waals surface area contributed by atoms with Crippen molar-refractivity contribution < 1.29 is 4.74 Å². The van der Waals surface area contributed by atoms with Gasteiger partial charge in [0, 0.05) is 37.7 Å². The van der Waals surface area contributed by atoms with Crippen LogP contribution in [-0.4, -0.2) is 26.6 Å². The molecule has 140 valence electrons. The number of hydrogen-bond acceptors (Lipinski definition) is 5. The zero-order valence-corrected chi connectivity index (χ0v) is 15.6. The van der Waals surface area contributed by atoms with E-state index in [9.17, 15) is 0 Å². The van der Waals surface area contributed by atoms with Crippen molar-refractivity contribution in [3.8, 4) is 17.0 Å². The summed E-state index contributed by atoms with van der Waals surface area (Å²) in [6.07, 6.45) is 7.27. The number of imidazole rings is 1. The molecule has 0 aliphatic rings. The summed E-state index contributed by atoms with van der Waals surface area (Å²) < 4.78 is 7.21. The number of nitrogens with one attached hydrogen (secondary N) is 1. The maximum Gasteiger partial charge on any atom is 0.226 e. The molecule has 0 amide bonds. The summed E-state index contributed by atoms with van der Waals surface area (Å²) in [6, 6.07) is 18.7. The fourth-order valence-electron chi connectivity index (χ4n) is 3.05. The van der Waals surface area contributed by atoms with Crippen molar-refractivity contribution in [1.82, 2.24) is 19.5 Å². The average molecular weight is 371 g/mol. The van der Waals surface area contributed by atoms with Gasteiger partial charge in [-0.1, -0.05) is 48.5 Å². The van der Waals surface area contributed by atoms with E-state index >= 15 is 0 Å². The lowest BCUT2D eigenvalue weighted by Crippen LogP contribution is -2.05. The van der Waals surface area contributed by atoms with Gasteiger partial charge in [-0.15, -0.1) is 0 Å². The molecule has 0 unspecified atom stereocenters. The third kappa shape index (κ3) is 4.17. The van der Waals surface area contributed by atoms with Crippen molar-refractivity contribution >= 4 is 5.95 Å². The van der Waals surface area contributed by atoms with Gasteiger partial charge in [0.1, 0.15) is 0 Å². The van der Waals surface area contributed by atoms with Gasteiger partial charge in [-0.05, 0) is 22.3 Å². The molecule has 0 aliphatic carbocycles. The molecule has 0 fully saturated rings. The van der Waals surface area contributed by atoms with E-state index in [1.807, 2.05) is 18.6 Å². The highest BCUT2D eigenvalue weighted by Crippen LogP contribution is 2.25. The normalized spacial score (nSPS) is 10.6. The van der Waals surface area contributed by atoms with E-state index in [-0.39, 0.29) is 0 Å². The Morgan fingerprint density at radius 3 is 2.64 bits per heavy atom. The largest absolute Gasteiger partial charge is 0.481 e. The first-order valence-electron chi connectivity index (χ1n) is 9.06. The van der Waals surface area contributed by atoms with Crippen molar-refractivity contribution in [1.29, 1.82) is 0 Å². The third-order valence-corrected chi connectivity index (χ3v) is 4.48. The Morgan fingerprint density at radius 1 is 1.00 bits per heavy atom. The van der Waals surface area contributed by atoms with Crippen LogP contribution in [0.1, 0.15) is 11.1 Å². The maximum atomic E-state index is 5.15. The van der Waals surface area contributed by atoms with Gasteiger partial charge in [-0.2, -0.15) is 4.98 Å². The number of ether oxygens (including phenoxy) is 1. The zero-order chi connectivity index (χ0) is 19.2. The van der Waals surface area contributed by atoms with E-state index in [4.69, 9.17) is 4.74 Å². The molecule has 1 N–H and O–H groups in total. The van der Waals surface area contributed by atoms with E-state index in [0.29, 0.717) is 18.4 Å². The molecule has 2 aromatic heterocycles. The Bertz CT molecular complexity index is 1030. The molecule has 0 aliphatic heterocycles. The first-order valence-corrected chi connectivity index (χ1v) is 9.06.